The highest BCUT2D eigenvalue weighted by Gasteiger charge is 2.23. The summed E-state index contributed by atoms with van der Waals surface area (Å²) < 4.78 is 10.4. The average molecular weight is 587 g/mol. The summed E-state index contributed by atoms with van der Waals surface area (Å²) in [5, 5.41) is 15.5. The second-order valence-electron chi connectivity index (χ2n) is 9.75. The van der Waals surface area contributed by atoms with Crippen molar-refractivity contribution < 1.29 is 28.7 Å². The molecule has 4 rings (SSSR count). The van der Waals surface area contributed by atoms with Crippen LogP contribution in [0.15, 0.2) is 84.9 Å². The summed E-state index contributed by atoms with van der Waals surface area (Å²) in [7, 11) is 0. The van der Waals surface area contributed by atoms with E-state index >= 15 is 0 Å². The quantitative estimate of drug-likeness (QED) is 0.161. The van der Waals surface area contributed by atoms with Gasteiger partial charge in [0.05, 0.1) is 13.1 Å². The Balaban J connectivity index is 1.11. The molecule has 12 heteroatoms. The summed E-state index contributed by atoms with van der Waals surface area (Å²) in [4.78, 5) is 52.9. The predicted octanol–water partition coefficient (Wildman–Crippen LogP) is 2.58. The van der Waals surface area contributed by atoms with Gasteiger partial charge in [-0.1, -0.05) is 60.7 Å². The smallest absolute Gasteiger partial charge is 0.414 e. The lowest BCUT2D eigenvalue weighted by Gasteiger charge is -2.34. The number of hydrogen-bond acceptors (Lipinski definition) is 8. The summed E-state index contributed by atoms with van der Waals surface area (Å²) in [5.41, 5.74) is 2.55. The maximum absolute atomic E-state index is 12.6. The number of hydrogen-bond donors (Lipinski definition) is 4. The monoisotopic (exact) mass is 586 g/mol. The summed E-state index contributed by atoms with van der Waals surface area (Å²) in [5.74, 6) is -1.23. The van der Waals surface area contributed by atoms with Gasteiger partial charge in [-0.2, -0.15) is 0 Å². The van der Waals surface area contributed by atoms with Crippen molar-refractivity contribution in [3.63, 3.8) is 0 Å². The second kappa shape index (κ2) is 15.7. The molecule has 12 nitrogen and oxygen atoms in total. The van der Waals surface area contributed by atoms with Crippen molar-refractivity contribution in [1.29, 1.82) is 5.41 Å². The number of ether oxygens (including phenoxy) is 2. The Kier molecular flexibility index (Phi) is 11.2. The number of esters is 1. The fraction of sp³-hybridized carbons (Fsp3) is 0.258. The van der Waals surface area contributed by atoms with E-state index in [1.807, 2.05) is 65.6 Å². The third kappa shape index (κ3) is 10.3. The number of rotatable bonds is 10. The van der Waals surface area contributed by atoms with Gasteiger partial charge in [-0.3, -0.25) is 30.0 Å². The molecule has 43 heavy (non-hydrogen) atoms. The zero-order chi connectivity index (χ0) is 30.4. The number of amides is 3. The third-order valence-electron chi connectivity index (χ3n) is 6.58. The van der Waals surface area contributed by atoms with Gasteiger partial charge in [-0.25, -0.2) is 4.79 Å². The summed E-state index contributed by atoms with van der Waals surface area (Å²) in [6.07, 6.45) is -0.773. The van der Waals surface area contributed by atoms with E-state index in [-0.39, 0.29) is 44.1 Å². The van der Waals surface area contributed by atoms with Crippen LogP contribution in [-0.2, 0) is 32.3 Å². The van der Waals surface area contributed by atoms with Crippen LogP contribution in [0.1, 0.15) is 21.5 Å². The lowest BCUT2D eigenvalue weighted by Crippen LogP contribution is -2.52. The number of benzene rings is 3. The van der Waals surface area contributed by atoms with Crippen molar-refractivity contribution in [2.75, 3.05) is 44.6 Å². The molecule has 0 saturated carbocycles. The van der Waals surface area contributed by atoms with Gasteiger partial charge in [0, 0.05) is 37.4 Å². The zero-order valence-electron chi connectivity index (χ0n) is 23.6. The Bertz CT molecular complexity index is 1390. The Hall–Kier alpha value is -5.23. The minimum atomic E-state index is -0.773. The van der Waals surface area contributed by atoms with Gasteiger partial charge in [0.15, 0.2) is 0 Å². The van der Waals surface area contributed by atoms with E-state index in [2.05, 4.69) is 16.0 Å². The summed E-state index contributed by atoms with van der Waals surface area (Å²) >= 11 is 0. The first-order valence-electron chi connectivity index (χ1n) is 13.8. The minimum Gasteiger partial charge on any atom is -0.460 e. The summed E-state index contributed by atoms with van der Waals surface area (Å²) in [6, 6.07) is 24.9. The largest absolute Gasteiger partial charge is 0.460 e. The predicted molar refractivity (Wildman–Crippen MR) is 159 cm³/mol. The van der Waals surface area contributed by atoms with Crippen LogP contribution in [0.4, 0.5) is 10.5 Å². The van der Waals surface area contributed by atoms with Crippen molar-refractivity contribution >= 4 is 35.5 Å². The molecule has 0 radical (unpaired) electrons. The van der Waals surface area contributed by atoms with E-state index in [1.54, 1.807) is 29.2 Å². The second-order valence-corrected chi connectivity index (χ2v) is 9.75. The fourth-order valence-corrected chi connectivity index (χ4v) is 4.23. The molecule has 1 fully saturated rings. The molecule has 0 unspecified atom stereocenters. The normalized spacial score (nSPS) is 13.0. The zero-order valence-corrected chi connectivity index (χ0v) is 23.6. The molecule has 0 atom stereocenters. The maximum Gasteiger partial charge on any atom is 0.414 e. The molecule has 1 aliphatic rings. The van der Waals surface area contributed by atoms with E-state index in [0.717, 1.165) is 11.1 Å². The first-order valence-corrected chi connectivity index (χ1v) is 13.8. The van der Waals surface area contributed by atoms with Crippen molar-refractivity contribution in [3.05, 3.63) is 102 Å². The lowest BCUT2D eigenvalue weighted by atomic mass is 10.2. The van der Waals surface area contributed by atoms with E-state index in [1.165, 1.54) is 0 Å². The molecule has 3 aromatic carbocycles. The number of nitrogens with zero attached hydrogens (tertiary/aromatic N) is 2. The molecule has 4 N–H and O–H groups in total. The molecule has 0 spiro atoms. The Labute approximate surface area is 249 Å². The van der Waals surface area contributed by atoms with Crippen molar-refractivity contribution in [3.8, 4) is 0 Å². The molecule has 1 aliphatic heterocycles. The number of anilines is 1. The maximum atomic E-state index is 12.6. The Morgan fingerprint density at radius 1 is 0.744 bits per heavy atom. The van der Waals surface area contributed by atoms with Crippen molar-refractivity contribution in [2.45, 2.75) is 13.2 Å². The van der Waals surface area contributed by atoms with Gasteiger partial charge >= 0.3 is 12.1 Å². The van der Waals surface area contributed by atoms with Crippen LogP contribution in [0.5, 0.6) is 0 Å². The van der Waals surface area contributed by atoms with Crippen molar-refractivity contribution in [1.82, 2.24) is 20.4 Å². The Morgan fingerprint density at radius 2 is 1.33 bits per heavy atom. The molecule has 0 bridgehead atoms. The van der Waals surface area contributed by atoms with Gasteiger partial charge in [-0.05, 0) is 35.4 Å². The van der Waals surface area contributed by atoms with E-state index in [9.17, 15) is 19.2 Å². The lowest BCUT2D eigenvalue weighted by molar-refractivity contribution is -0.147. The topological polar surface area (TPSA) is 153 Å². The molecule has 224 valence electrons. The van der Waals surface area contributed by atoms with E-state index in [0.29, 0.717) is 37.4 Å². The van der Waals surface area contributed by atoms with E-state index in [4.69, 9.17) is 14.9 Å². The van der Waals surface area contributed by atoms with Crippen LogP contribution >= 0.6 is 0 Å². The van der Waals surface area contributed by atoms with Crippen LogP contribution in [0.2, 0.25) is 0 Å². The van der Waals surface area contributed by atoms with Crippen LogP contribution in [0.25, 0.3) is 0 Å². The van der Waals surface area contributed by atoms with Gasteiger partial charge in [0.25, 0.3) is 5.91 Å². The Morgan fingerprint density at radius 3 is 1.93 bits per heavy atom. The fourth-order valence-electron chi connectivity index (χ4n) is 4.23. The molecule has 3 aromatic rings. The first kappa shape index (κ1) is 30.7. The minimum absolute atomic E-state index is 0.0779. The van der Waals surface area contributed by atoms with Crippen LogP contribution in [-0.4, -0.2) is 78.9 Å². The van der Waals surface area contributed by atoms with E-state index < -0.39 is 12.0 Å². The number of alkyl carbamates (subject to hydrolysis) is 1. The highest BCUT2D eigenvalue weighted by molar-refractivity contribution is 6.01. The SMILES string of the molecule is N=C(NC(=O)OCc1ccccc1)Nc1ccc(C(=O)NCC(=O)N2CCN(CC(=O)OCc3ccccc3)CC2)cc1. The van der Waals surface area contributed by atoms with Gasteiger partial charge in [-0.15, -0.1) is 0 Å². The molecule has 3 amide bonds. The first-order chi connectivity index (χ1) is 20.9. The molecular formula is C31H34N6O6. The van der Waals surface area contributed by atoms with Crippen LogP contribution in [0.3, 0.4) is 0 Å². The van der Waals surface area contributed by atoms with Crippen molar-refractivity contribution in [2.24, 2.45) is 0 Å². The molecule has 1 heterocycles. The van der Waals surface area contributed by atoms with Crippen LogP contribution < -0.4 is 16.0 Å². The number of nitrogens with one attached hydrogen (secondary N) is 4. The molecular weight excluding hydrogens is 552 g/mol. The van der Waals surface area contributed by atoms with Crippen LogP contribution in [0, 0.1) is 5.41 Å². The van der Waals surface area contributed by atoms with Gasteiger partial charge < -0.3 is 25.0 Å². The number of guanidine groups is 1. The molecule has 0 aliphatic carbocycles. The molecule has 0 aromatic heterocycles. The van der Waals surface area contributed by atoms with Gasteiger partial charge in [0.1, 0.15) is 13.2 Å². The average Bonchev–Trinajstić information content (AvgIpc) is 3.03. The highest BCUT2D eigenvalue weighted by Crippen LogP contribution is 2.10. The number of carbonyl (C=O) groups is 4. The number of carbonyl (C=O) groups excluding carboxylic acids is 4. The summed E-state index contributed by atoms with van der Waals surface area (Å²) in [6.45, 7) is 2.26. The standard InChI is InChI=1S/C31H34N6O6/c32-30(35-31(41)43-22-24-9-5-2-6-10-24)34-26-13-11-25(12-14-26)29(40)33-19-27(38)37-17-15-36(16-18-37)20-28(39)42-21-23-7-3-1-4-8-23/h1-14H,15-22H2,(H,33,40)(H3,32,34,35,41). The highest BCUT2D eigenvalue weighted by atomic mass is 16.5. The third-order valence-corrected chi connectivity index (χ3v) is 6.58. The van der Waals surface area contributed by atoms with Gasteiger partial charge in [0.2, 0.25) is 11.9 Å². The number of piperazine rings is 1. The molecule has 1 saturated heterocycles.